The van der Waals surface area contributed by atoms with E-state index in [1.807, 2.05) is 6.07 Å². The third kappa shape index (κ3) is 2.97. The highest BCUT2D eigenvalue weighted by Gasteiger charge is 2.29. The molecule has 0 spiro atoms. The van der Waals surface area contributed by atoms with Gasteiger partial charge in [-0.3, -0.25) is 14.9 Å². The molecule has 0 aromatic heterocycles. The molecule has 1 unspecified atom stereocenters. The number of nitrogens with one attached hydrogen (secondary N) is 2. The fourth-order valence-corrected chi connectivity index (χ4v) is 3.24. The number of halogens is 1. The fourth-order valence-electron chi connectivity index (χ4n) is 3.24. The molecule has 21 heavy (non-hydrogen) atoms. The molecule has 0 bridgehead atoms. The maximum atomic E-state index is 14.1. The summed E-state index contributed by atoms with van der Waals surface area (Å²) in [4.78, 5) is 23.2. The molecular weight excluding hydrogens is 271 g/mol. The second-order valence-corrected chi connectivity index (χ2v) is 5.81. The third-order valence-electron chi connectivity index (χ3n) is 4.44. The molecule has 2 amide bonds. The van der Waals surface area contributed by atoms with Crippen molar-refractivity contribution < 1.29 is 14.0 Å². The molecule has 2 aliphatic rings. The summed E-state index contributed by atoms with van der Waals surface area (Å²) in [5.74, 6) is -0.827. The summed E-state index contributed by atoms with van der Waals surface area (Å²) in [6.45, 7) is 1.79. The summed E-state index contributed by atoms with van der Waals surface area (Å²) in [6, 6.07) is 4.95. The van der Waals surface area contributed by atoms with Crippen molar-refractivity contribution in [1.82, 2.24) is 10.6 Å². The molecule has 4 nitrogen and oxygen atoms in total. The van der Waals surface area contributed by atoms with Crippen LogP contribution in [0.2, 0.25) is 0 Å². The maximum Gasteiger partial charge on any atom is 0.234 e. The van der Waals surface area contributed by atoms with Crippen molar-refractivity contribution >= 4 is 11.8 Å². The van der Waals surface area contributed by atoms with Crippen LogP contribution in [0.1, 0.15) is 48.6 Å². The molecular formula is C16H19FN2O2. The van der Waals surface area contributed by atoms with Gasteiger partial charge in [0.25, 0.3) is 0 Å². The van der Waals surface area contributed by atoms with E-state index in [2.05, 4.69) is 10.6 Å². The Hall–Kier alpha value is -1.75. The van der Waals surface area contributed by atoms with E-state index in [1.165, 1.54) is 6.07 Å². The molecule has 2 fully saturated rings. The van der Waals surface area contributed by atoms with Crippen molar-refractivity contribution in [3.05, 3.63) is 35.1 Å². The van der Waals surface area contributed by atoms with Gasteiger partial charge in [0.15, 0.2) is 0 Å². The number of carbonyl (C=O) groups is 2. The molecule has 5 heteroatoms. The van der Waals surface area contributed by atoms with Crippen molar-refractivity contribution in [3.8, 4) is 0 Å². The fraction of sp³-hybridized carbons (Fsp3) is 0.500. The van der Waals surface area contributed by atoms with Crippen LogP contribution in [0.15, 0.2) is 18.2 Å². The predicted molar refractivity (Wildman–Crippen MR) is 76.4 cm³/mol. The average molecular weight is 290 g/mol. The minimum absolute atomic E-state index is 0.196. The highest BCUT2D eigenvalue weighted by atomic mass is 19.1. The van der Waals surface area contributed by atoms with E-state index in [9.17, 15) is 14.0 Å². The molecule has 3 rings (SSSR count). The van der Waals surface area contributed by atoms with E-state index in [0.29, 0.717) is 18.4 Å². The Morgan fingerprint density at radius 3 is 2.57 bits per heavy atom. The third-order valence-corrected chi connectivity index (χ3v) is 4.44. The highest BCUT2D eigenvalue weighted by molar-refractivity contribution is 6.00. The minimum atomic E-state index is -0.344. The van der Waals surface area contributed by atoms with Crippen molar-refractivity contribution in [1.29, 1.82) is 0 Å². The van der Waals surface area contributed by atoms with Gasteiger partial charge in [-0.2, -0.15) is 0 Å². The number of hydrogen-bond donors (Lipinski definition) is 2. The van der Waals surface area contributed by atoms with Gasteiger partial charge < -0.3 is 5.32 Å². The van der Waals surface area contributed by atoms with Gasteiger partial charge in [0.1, 0.15) is 5.82 Å². The Bertz CT molecular complexity index is 567. The lowest BCUT2D eigenvalue weighted by atomic mass is 9.84. The number of imide groups is 1. The van der Waals surface area contributed by atoms with Crippen LogP contribution >= 0.6 is 0 Å². The van der Waals surface area contributed by atoms with Gasteiger partial charge in [0.05, 0.1) is 5.92 Å². The van der Waals surface area contributed by atoms with Crippen molar-refractivity contribution in [2.45, 2.75) is 37.5 Å². The number of piperidine rings is 2. The average Bonchev–Trinajstić information content (AvgIpc) is 2.49. The molecule has 112 valence electrons. The van der Waals surface area contributed by atoms with Crippen LogP contribution in [0, 0.1) is 5.82 Å². The van der Waals surface area contributed by atoms with Crippen LogP contribution in [0.25, 0.3) is 0 Å². The van der Waals surface area contributed by atoms with Crippen LogP contribution < -0.4 is 10.6 Å². The largest absolute Gasteiger partial charge is 0.317 e. The molecule has 1 aromatic carbocycles. The zero-order valence-corrected chi connectivity index (χ0v) is 11.8. The topological polar surface area (TPSA) is 58.2 Å². The molecule has 0 aliphatic carbocycles. The SMILES string of the molecule is O=C1CCC(c2ccc(F)c(C3CCNCC3)c2)C(=O)N1. The zero-order valence-electron chi connectivity index (χ0n) is 11.8. The van der Waals surface area contributed by atoms with E-state index >= 15 is 0 Å². The standard InChI is InChI=1S/C16H19FN2O2/c17-14-3-1-11(12-2-4-15(20)19-16(12)21)9-13(14)10-5-7-18-8-6-10/h1,3,9-10,12,18H,2,4-8H2,(H,19,20,21). The summed E-state index contributed by atoms with van der Waals surface area (Å²) in [7, 11) is 0. The van der Waals surface area contributed by atoms with Crippen molar-refractivity contribution in [2.24, 2.45) is 0 Å². The van der Waals surface area contributed by atoms with E-state index in [-0.39, 0.29) is 29.5 Å². The Kier molecular flexibility index (Phi) is 4.01. The first-order valence-corrected chi connectivity index (χ1v) is 7.49. The molecule has 2 saturated heterocycles. The van der Waals surface area contributed by atoms with Crippen LogP contribution in [0.3, 0.4) is 0 Å². The smallest absolute Gasteiger partial charge is 0.234 e. The highest BCUT2D eigenvalue weighted by Crippen LogP contribution is 2.32. The second kappa shape index (κ2) is 5.93. The number of hydrogen-bond acceptors (Lipinski definition) is 3. The van der Waals surface area contributed by atoms with Gasteiger partial charge in [-0.1, -0.05) is 12.1 Å². The number of amides is 2. The van der Waals surface area contributed by atoms with Gasteiger partial charge in [0.2, 0.25) is 11.8 Å². The number of rotatable bonds is 2. The quantitative estimate of drug-likeness (QED) is 0.817. The van der Waals surface area contributed by atoms with Gasteiger partial charge in [-0.25, -0.2) is 4.39 Å². The van der Waals surface area contributed by atoms with Crippen molar-refractivity contribution in [2.75, 3.05) is 13.1 Å². The van der Waals surface area contributed by atoms with Gasteiger partial charge in [0, 0.05) is 6.42 Å². The molecule has 2 heterocycles. The second-order valence-electron chi connectivity index (χ2n) is 5.81. The summed E-state index contributed by atoms with van der Waals surface area (Å²) in [5, 5.41) is 5.63. The molecule has 1 aromatic rings. The maximum absolute atomic E-state index is 14.1. The van der Waals surface area contributed by atoms with E-state index in [4.69, 9.17) is 0 Å². The Labute approximate surface area is 123 Å². The molecule has 0 radical (unpaired) electrons. The predicted octanol–water partition coefficient (Wildman–Crippen LogP) is 1.81. The molecule has 2 N–H and O–H groups in total. The minimum Gasteiger partial charge on any atom is -0.317 e. The summed E-state index contributed by atoms with van der Waals surface area (Å²) in [5.41, 5.74) is 1.52. The molecule has 1 atom stereocenters. The summed E-state index contributed by atoms with van der Waals surface area (Å²) >= 11 is 0. The Morgan fingerprint density at radius 2 is 1.86 bits per heavy atom. The first-order valence-electron chi connectivity index (χ1n) is 7.49. The summed E-state index contributed by atoms with van der Waals surface area (Å²) < 4.78 is 14.1. The number of benzene rings is 1. The van der Waals surface area contributed by atoms with Crippen LogP contribution in [-0.4, -0.2) is 24.9 Å². The summed E-state index contributed by atoms with van der Waals surface area (Å²) in [6.07, 6.45) is 2.67. The van der Waals surface area contributed by atoms with Crippen LogP contribution in [-0.2, 0) is 9.59 Å². The lowest BCUT2D eigenvalue weighted by Crippen LogP contribution is -2.39. The van der Waals surface area contributed by atoms with Gasteiger partial charge in [-0.05, 0) is 55.5 Å². The zero-order chi connectivity index (χ0) is 14.8. The first-order chi connectivity index (χ1) is 10.1. The molecule has 2 aliphatic heterocycles. The van der Waals surface area contributed by atoms with Gasteiger partial charge in [-0.15, -0.1) is 0 Å². The van der Waals surface area contributed by atoms with E-state index in [0.717, 1.165) is 31.5 Å². The normalized spacial score (nSPS) is 24.0. The number of carbonyl (C=O) groups excluding carboxylic acids is 2. The van der Waals surface area contributed by atoms with Gasteiger partial charge >= 0.3 is 0 Å². The van der Waals surface area contributed by atoms with E-state index in [1.54, 1.807) is 6.07 Å². The lowest BCUT2D eigenvalue weighted by Gasteiger charge is -2.26. The monoisotopic (exact) mass is 290 g/mol. The first kappa shape index (κ1) is 14.2. The van der Waals surface area contributed by atoms with Crippen LogP contribution in [0.4, 0.5) is 4.39 Å². The lowest BCUT2D eigenvalue weighted by molar-refractivity contribution is -0.134. The van der Waals surface area contributed by atoms with Crippen LogP contribution in [0.5, 0.6) is 0 Å². The Balaban J connectivity index is 1.86. The van der Waals surface area contributed by atoms with Crippen molar-refractivity contribution in [3.63, 3.8) is 0 Å². The molecule has 0 saturated carbocycles. The Morgan fingerprint density at radius 1 is 1.10 bits per heavy atom. The van der Waals surface area contributed by atoms with E-state index < -0.39 is 0 Å².